The molecule has 6 nitrogen and oxygen atoms in total. The molecule has 0 aliphatic carbocycles. The number of ether oxygens (including phenoxy) is 1. The molecule has 1 heterocycles. The van der Waals surface area contributed by atoms with Crippen molar-refractivity contribution in [3.63, 3.8) is 0 Å². The van der Waals surface area contributed by atoms with E-state index < -0.39 is 12.2 Å². The molecule has 1 aliphatic heterocycles. The third-order valence-corrected chi connectivity index (χ3v) is 4.40. The summed E-state index contributed by atoms with van der Waals surface area (Å²) in [5.74, 6) is -0.548. The Hall–Kier alpha value is -1.87. The molecule has 1 aliphatic rings. The topological polar surface area (TPSA) is 110 Å². The quantitative estimate of drug-likeness (QED) is 0.360. The number of aromatic hydroxyl groups is 4. The first-order valence-corrected chi connectivity index (χ1v) is 7.55. The Labute approximate surface area is 139 Å². The molecule has 2 atom stereocenters. The zero-order chi connectivity index (χ0) is 16.0. The van der Waals surface area contributed by atoms with Crippen molar-refractivity contribution >= 4 is 22.6 Å². The molecule has 0 bridgehead atoms. The van der Waals surface area contributed by atoms with Gasteiger partial charge in [-0.3, -0.25) is 0 Å². The summed E-state index contributed by atoms with van der Waals surface area (Å²) in [5.41, 5.74) is 0.903. The third-order valence-electron chi connectivity index (χ3n) is 3.58. The molecule has 5 N–H and O–H groups in total. The fourth-order valence-corrected chi connectivity index (χ4v) is 3.15. The first-order valence-electron chi connectivity index (χ1n) is 6.47. The molecule has 2 aromatic carbocycles. The van der Waals surface area contributed by atoms with Crippen LogP contribution >= 0.6 is 22.6 Å². The first kappa shape index (κ1) is 15.0. The van der Waals surface area contributed by atoms with Crippen LogP contribution in [-0.2, 0) is 6.42 Å². The van der Waals surface area contributed by atoms with Crippen LogP contribution in [0.4, 0.5) is 0 Å². The minimum atomic E-state index is -0.942. The largest absolute Gasteiger partial charge is 0.508 e. The second kappa shape index (κ2) is 5.40. The predicted molar refractivity (Wildman–Crippen MR) is 85.3 cm³/mol. The summed E-state index contributed by atoms with van der Waals surface area (Å²) in [6, 6.07) is 5.46. The molecule has 7 heteroatoms. The van der Waals surface area contributed by atoms with Gasteiger partial charge in [0.25, 0.3) is 0 Å². The van der Waals surface area contributed by atoms with Crippen molar-refractivity contribution in [2.24, 2.45) is 0 Å². The van der Waals surface area contributed by atoms with Gasteiger partial charge in [-0.25, -0.2) is 0 Å². The molecule has 3 rings (SSSR count). The number of hydrogen-bond acceptors (Lipinski definition) is 6. The summed E-state index contributed by atoms with van der Waals surface area (Å²) in [6.45, 7) is 0. The van der Waals surface area contributed by atoms with Gasteiger partial charge in [0.15, 0.2) is 11.5 Å². The molecule has 0 radical (unpaired) electrons. The van der Waals surface area contributed by atoms with Crippen LogP contribution in [0.1, 0.15) is 17.2 Å². The molecule has 0 saturated carbocycles. The molecule has 116 valence electrons. The average Bonchev–Trinajstić information content (AvgIpc) is 2.44. The highest BCUT2D eigenvalue weighted by molar-refractivity contribution is 14.1. The van der Waals surface area contributed by atoms with E-state index in [1.807, 2.05) is 22.6 Å². The van der Waals surface area contributed by atoms with E-state index in [0.717, 1.165) is 0 Å². The molecule has 0 aromatic heterocycles. The maximum atomic E-state index is 10.3. The number of phenolic OH excluding ortho intramolecular Hbond substituents is 4. The monoisotopic (exact) mass is 416 g/mol. The fourth-order valence-electron chi connectivity index (χ4n) is 2.52. The minimum absolute atomic E-state index is 0.143. The molecule has 0 amide bonds. The van der Waals surface area contributed by atoms with Crippen molar-refractivity contribution in [3.05, 3.63) is 39.0 Å². The van der Waals surface area contributed by atoms with Crippen molar-refractivity contribution in [1.29, 1.82) is 0 Å². The smallest absolute Gasteiger partial charge is 0.171 e. The maximum Gasteiger partial charge on any atom is 0.171 e. The molecular weight excluding hydrogens is 403 g/mol. The normalized spacial score (nSPS) is 20.3. The van der Waals surface area contributed by atoms with Crippen LogP contribution in [0.25, 0.3) is 0 Å². The van der Waals surface area contributed by atoms with Crippen LogP contribution in [0.5, 0.6) is 28.7 Å². The number of aliphatic hydroxyl groups is 1. The van der Waals surface area contributed by atoms with Crippen molar-refractivity contribution in [1.82, 2.24) is 0 Å². The van der Waals surface area contributed by atoms with Gasteiger partial charge >= 0.3 is 0 Å². The lowest BCUT2D eigenvalue weighted by molar-refractivity contribution is 0.0196. The van der Waals surface area contributed by atoms with Crippen LogP contribution in [-0.4, -0.2) is 31.6 Å². The van der Waals surface area contributed by atoms with E-state index in [-0.39, 0.29) is 35.2 Å². The highest BCUT2D eigenvalue weighted by Crippen LogP contribution is 2.43. The Morgan fingerprint density at radius 3 is 2.41 bits per heavy atom. The maximum absolute atomic E-state index is 10.3. The summed E-state index contributed by atoms with van der Waals surface area (Å²) < 4.78 is 6.10. The molecule has 22 heavy (non-hydrogen) atoms. The lowest BCUT2D eigenvalue weighted by Crippen LogP contribution is -2.30. The predicted octanol–water partition coefficient (Wildman–Crippen LogP) is 2.15. The SMILES string of the molecule is Oc1cc(O)c2c(c1)O[C@H](c1cc(O)c(O)c(I)c1)[C@H](O)C2. The third kappa shape index (κ3) is 2.50. The molecule has 0 unspecified atom stereocenters. The van der Waals surface area contributed by atoms with Crippen LogP contribution in [0, 0.1) is 3.57 Å². The second-order valence-electron chi connectivity index (χ2n) is 5.12. The van der Waals surface area contributed by atoms with E-state index >= 15 is 0 Å². The Morgan fingerprint density at radius 2 is 1.73 bits per heavy atom. The van der Waals surface area contributed by atoms with Crippen molar-refractivity contribution in [2.45, 2.75) is 18.6 Å². The highest BCUT2D eigenvalue weighted by Gasteiger charge is 2.32. The number of phenols is 4. The van der Waals surface area contributed by atoms with Gasteiger partial charge in [0.1, 0.15) is 23.4 Å². The number of hydrogen-bond donors (Lipinski definition) is 5. The lowest BCUT2D eigenvalue weighted by atomic mass is 9.94. The Bertz CT molecular complexity index is 722. The van der Waals surface area contributed by atoms with Crippen LogP contribution in [0.15, 0.2) is 24.3 Å². The first-order chi connectivity index (χ1) is 10.4. The Kier molecular flexibility index (Phi) is 3.69. The van der Waals surface area contributed by atoms with E-state index in [2.05, 4.69) is 0 Å². The molecule has 0 saturated heterocycles. The van der Waals surface area contributed by atoms with E-state index in [1.165, 1.54) is 18.2 Å². The molecule has 0 fully saturated rings. The Balaban J connectivity index is 2.03. The second-order valence-corrected chi connectivity index (χ2v) is 6.28. The summed E-state index contributed by atoms with van der Waals surface area (Å²) >= 11 is 1.86. The van der Waals surface area contributed by atoms with Gasteiger partial charge in [0, 0.05) is 24.1 Å². The Morgan fingerprint density at radius 1 is 1.00 bits per heavy atom. The van der Waals surface area contributed by atoms with Crippen LogP contribution < -0.4 is 4.74 Å². The summed E-state index contributed by atoms with van der Waals surface area (Å²) in [6.07, 6.45) is -1.58. The number of benzene rings is 2. The molecular formula is C15H13IO6. The number of halogens is 1. The fraction of sp³-hybridized carbons (Fsp3) is 0.200. The van der Waals surface area contributed by atoms with Crippen molar-refractivity contribution in [2.75, 3.05) is 0 Å². The lowest BCUT2D eigenvalue weighted by Gasteiger charge is -2.31. The summed E-state index contributed by atoms with van der Waals surface area (Å²) in [4.78, 5) is 0. The van der Waals surface area contributed by atoms with Crippen molar-refractivity contribution in [3.8, 4) is 28.7 Å². The van der Waals surface area contributed by atoms with E-state index in [4.69, 9.17) is 4.74 Å². The van der Waals surface area contributed by atoms with Gasteiger partial charge in [0.05, 0.1) is 9.67 Å². The average molecular weight is 416 g/mol. The zero-order valence-electron chi connectivity index (χ0n) is 11.2. The van der Waals surface area contributed by atoms with Gasteiger partial charge in [-0.15, -0.1) is 0 Å². The summed E-state index contributed by atoms with van der Waals surface area (Å²) in [5, 5.41) is 48.9. The minimum Gasteiger partial charge on any atom is -0.508 e. The van der Waals surface area contributed by atoms with E-state index in [1.54, 1.807) is 6.07 Å². The van der Waals surface area contributed by atoms with Gasteiger partial charge < -0.3 is 30.3 Å². The highest BCUT2D eigenvalue weighted by atomic mass is 127. The van der Waals surface area contributed by atoms with Gasteiger partial charge in [-0.2, -0.15) is 0 Å². The van der Waals surface area contributed by atoms with Crippen molar-refractivity contribution < 1.29 is 30.3 Å². The van der Waals surface area contributed by atoms with E-state index in [0.29, 0.717) is 14.7 Å². The number of rotatable bonds is 1. The van der Waals surface area contributed by atoms with Gasteiger partial charge in [-0.1, -0.05) is 0 Å². The zero-order valence-corrected chi connectivity index (χ0v) is 13.4. The number of aliphatic hydroxyl groups excluding tert-OH is 1. The molecule has 0 spiro atoms. The van der Waals surface area contributed by atoms with Crippen LogP contribution in [0.2, 0.25) is 0 Å². The number of fused-ring (bicyclic) bond motifs is 1. The van der Waals surface area contributed by atoms with Gasteiger partial charge in [0.2, 0.25) is 0 Å². The van der Waals surface area contributed by atoms with E-state index in [9.17, 15) is 25.5 Å². The molecule has 2 aromatic rings. The standard InChI is InChI=1S/C15H13IO6/c16-9-1-6(2-11(19)14(9)21)15-12(20)5-8-10(18)3-7(17)4-13(8)22-15/h1-4,12,15,17-21H,5H2/t12-,15-/m1/s1. The summed E-state index contributed by atoms with van der Waals surface area (Å²) in [7, 11) is 0. The van der Waals surface area contributed by atoms with Crippen LogP contribution in [0.3, 0.4) is 0 Å². The van der Waals surface area contributed by atoms with Gasteiger partial charge in [-0.05, 0) is 40.3 Å².